The first-order chi connectivity index (χ1) is 17.2. The van der Waals surface area contributed by atoms with Crippen LogP contribution in [-0.4, -0.2) is 80.7 Å². The highest BCUT2D eigenvalue weighted by Gasteiger charge is 2.45. The van der Waals surface area contributed by atoms with E-state index in [1.807, 2.05) is 30.6 Å². The summed E-state index contributed by atoms with van der Waals surface area (Å²) in [6.45, 7) is 3.75. The molecule has 4 rings (SSSR count). The minimum atomic E-state index is -5.08. The summed E-state index contributed by atoms with van der Waals surface area (Å²) in [4.78, 5) is 28.8. The van der Waals surface area contributed by atoms with Crippen LogP contribution < -0.4 is 5.32 Å². The van der Waals surface area contributed by atoms with Crippen molar-refractivity contribution < 1.29 is 50.9 Å². The number of nitrogens with one attached hydrogen (secondary N) is 1. The highest BCUT2D eigenvalue weighted by atomic mass is 19.4. The first kappa shape index (κ1) is 29.8. The Morgan fingerprint density at radius 3 is 2.22 bits per heavy atom. The Morgan fingerprint density at radius 1 is 1.05 bits per heavy atom. The van der Waals surface area contributed by atoms with E-state index >= 15 is 0 Å². The fourth-order valence-electron chi connectivity index (χ4n) is 3.69. The largest absolute Gasteiger partial charge is 0.490 e. The number of nitrogens with zero attached hydrogens (tertiary/aromatic N) is 3. The molecule has 0 aliphatic carbocycles. The fraction of sp³-hybridized carbons (Fsp3) is 0.455. The third-order valence-corrected chi connectivity index (χ3v) is 5.23. The molecule has 0 amide bonds. The number of rotatable bonds is 4. The van der Waals surface area contributed by atoms with Gasteiger partial charge in [0, 0.05) is 44.6 Å². The van der Waals surface area contributed by atoms with Crippen molar-refractivity contribution in [1.29, 1.82) is 0 Å². The summed E-state index contributed by atoms with van der Waals surface area (Å²) >= 11 is 0. The minimum absolute atomic E-state index is 0.00859. The molecule has 1 spiro atoms. The lowest BCUT2D eigenvalue weighted by Crippen LogP contribution is -2.33. The van der Waals surface area contributed by atoms with Crippen molar-refractivity contribution in [1.82, 2.24) is 14.9 Å². The zero-order chi connectivity index (χ0) is 27.7. The predicted octanol–water partition coefficient (Wildman–Crippen LogP) is 3.59. The molecule has 0 radical (unpaired) electrons. The Balaban J connectivity index is 0.000000286. The Labute approximate surface area is 207 Å². The average Bonchev–Trinajstić information content (AvgIpc) is 3.40. The molecule has 0 aromatic carbocycles. The van der Waals surface area contributed by atoms with E-state index < -0.39 is 24.3 Å². The lowest BCUT2D eigenvalue weighted by atomic mass is 9.97. The van der Waals surface area contributed by atoms with Gasteiger partial charge in [0.2, 0.25) is 0 Å². The SMILES string of the molecule is O=C(O)C(F)(F)F.O=C(O)C(F)(F)F.c1ccc(CN2CCC3(CC(Nc4cccnc4)CO3)C2)nc1. The molecular weight excluding hydrogens is 514 g/mol. The number of ether oxygens (including phenoxy) is 1. The first-order valence-corrected chi connectivity index (χ1v) is 10.7. The molecule has 2 saturated heterocycles. The zero-order valence-electron chi connectivity index (χ0n) is 19.2. The molecule has 4 heterocycles. The molecule has 15 heteroatoms. The molecule has 204 valence electrons. The molecule has 3 N–H and O–H groups in total. The van der Waals surface area contributed by atoms with Gasteiger partial charge in [-0.3, -0.25) is 14.9 Å². The summed E-state index contributed by atoms with van der Waals surface area (Å²) in [6, 6.07) is 10.5. The smallest absolute Gasteiger partial charge is 0.475 e. The maximum Gasteiger partial charge on any atom is 0.490 e. The summed E-state index contributed by atoms with van der Waals surface area (Å²) in [6.07, 6.45) is -2.48. The van der Waals surface area contributed by atoms with E-state index in [4.69, 9.17) is 24.5 Å². The summed E-state index contributed by atoms with van der Waals surface area (Å²) in [5, 5.41) is 17.8. The van der Waals surface area contributed by atoms with Crippen molar-refractivity contribution in [2.45, 2.75) is 43.4 Å². The maximum absolute atomic E-state index is 10.6. The van der Waals surface area contributed by atoms with Crippen molar-refractivity contribution in [3.8, 4) is 0 Å². The molecule has 2 aliphatic rings. The van der Waals surface area contributed by atoms with Gasteiger partial charge in [0.1, 0.15) is 0 Å². The maximum atomic E-state index is 10.6. The second kappa shape index (κ2) is 12.7. The Bertz CT molecular complexity index is 927. The highest BCUT2D eigenvalue weighted by Crippen LogP contribution is 2.36. The Hall–Kier alpha value is -3.46. The van der Waals surface area contributed by atoms with Crippen LogP contribution in [0.3, 0.4) is 0 Å². The number of aromatic nitrogens is 2. The van der Waals surface area contributed by atoms with Crippen LogP contribution in [0, 0.1) is 0 Å². The lowest BCUT2D eigenvalue weighted by molar-refractivity contribution is -0.193. The van der Waals surface area contributed by atoms with Crippen molar-refractivity contribution in [2.75, 3.05) is 25.0 Å². The van der Waals surface area contributed by atoms with Gasteiger partial charge in [-0.1, -0.05) is 6.07 Å². The van der Waals surface area contributed by atoms with Crippen LogP contribution in [0.1, 0.15) is 18.5 Å². The normalized spacial score (nSPS) is 21.4. The molecular formula is C22H24F6N4O5. The quantitative estimate of drug-likeness (QED) is 0.501. The molecule has 2 atom stereocenters. The van der Waals surface area contributed by atoms with E-state index in [-0.39, 0.29) is 5.60 Å². The van der Waals surface area contributed by atoms with E-state index in [1.165, 1.54) is 0 Å². The molecule has 2 aromatic rings. The number of likely N-dealkylation sites (tertiary alicyclic amines) is 1. The molecule has 0 saturated carbocycles. The predicted molar refractivity (Wildman–Crippen MR) is 116 cm³/mol. The van der Waals surface area contributed by atoms with Crippen molar-refractivity contribution in [3.63, 3.8) is 0 Å². The first-order valence-electron chi connectivity index (χ1n) is 10.7. The van der Waals surface area contributed by atoms with Crippen LogP contribution in [0.2, 0.25) is 0 Å². The van der Waals surface area contributed by atoms with Crippen LogP contribution in [0.5, 0.6) is 0 Å². The number of carbonyl (C=O) groups is 2. The number of halogens is 6. The van der Waals surface area contributed by atoms with E-state index in [9.17, 15) is 26.3 Å². The second-order valence-electron chi connectivity index (χ2n) is 8.17. The molecule has 2 aliphatic heterocycles. The standard InChI is InChI=1S/C18H22N4O.2C2HF3O2/c1-2-8-20-16(4-1)12-22-9-6-18(14-22)10-17(13-23-18)21-15-5-3-7-19-11-15;2*3-2(4,5)1(6)7/h1-5,7-8,11,17,21H,6,9-10,12-14H2;2*(H,6,7). The number of anilines is 1. The van der Waals surface area contributed by atoms with E-state index in [0.29, 0.717) is 6.04 Å². The number of hydrogen-bond acceptors (Lipinski definition) is 7. The average molecular weight is 538 g/mol. The van der Waals surface area contributed by atoms with Gasteiger partial charge < -0.3 is 20.3 Å². The number of carboxylic acid groups (broad SMARTS) is 2. The van der Waals surface area contributed by atoms with Gasteiger partial charge >= 0.3 is 24.3 Å². The minimum Gasteiger partial charge on any atom is -0.475 e. The number of pyridine rings is 2. The van der Waals surface area contributed by atoms with Crippen molar-refractivity contribution >= 4 is 17.6 Å². The molecule has 9 nitrogen and oxygen atoms in total. The summed E-state index contributed by atoms with van der Waals surface area (Å²) in [7, 11) is 0. The van der Waals surface area contributed by atoms with Crippen LogP contribution in [-0.2, 0) is 20.9 Å². The summed E-state index contributed by atoms with van der Waals surface area (Å²) in [5.41, 5.74) is 2.21. The van der Waals surface area contributed by atoms with Gasteiger partial charge in [-0.25, -0.2) is 9.59 Å². The van der Waals surface area contributed by atoms with Crippen LogP contribution >= 0.6 is 0 Å². The highest BCUT2D eigenvalue weighted by molar-refractivity contribution is 5.73. The Morgan fingerprint density at radius 2 is 1.70 bits per heavy atom. The third-order valence-electron chi connectivity index (χ3n) is 5.23. The van der Waals surface area contributed by atoms with Crippen LogP contribution in [0.4, 0.5) is 32.0 Å². The van der Waals surface area contributed by atoms with Crippen molar-refractivity contribution in [2.24, 2.45) is 0 Å². The summed E-state index contributed by atoms with van der Waals surface area (Å²) in [5.74, 6) is -5.51. The zero-order valence-corrected chi connectivity index (χ0v) is 19.2. The van der Waals surface area contributed by atoms with Gasteiger partial charge in [0.15, 0.2) is 0 Å². The third kappa shape index (κ3) is 10.2. The summed E-state index contributed by atoms with van der Waals surface area (Å²) < 4.78 is 69.7. The van der Waals surface area contributed by atoms with Gasteiger partial charge in [0.25, 0.3) is 0 Å². The fourth-order valence-corrected chi connectivity index (χ4v) is 3.69. The van der Waals surface area contributed by atoms with Crippen molar-refractivity contribution in [3.05, 3.63) is 54.6 Å². The van der Waals surface area contributed by atoms with Gasteiger partial charge in [0.05, 0.1) is 29.6 Å². The Kier molecular flexibility index (Phi) is 10.2. The molecule has 2 unspecified atom stereocenters. The van der Waals surface area contributed by atoms with E-state index in [0.717, 1.165) is 50.5 Å². The molecule has 37 heavy (non-hydrogen) atoms. The monoisotopic (exact) mass is 538 g/mol. The van der Waals surface area contributed by atoms with E-state index in [1.54, 1.807) is 6.20 Å². The van der Waals surface area contributed by atoms with Gasteiger partial charge in [-0.2, -0.15) is 26.3 Å². The van der Waals surface area contributed by atoms with E-state index in [2.05, 4.69) is 32.3 Å². The number of carboxylic acids is 2. The van der Waals surface area contributed by atoms with Crippen LogP contribution in [0.25, 0.3) is 0 Å². The van der Waals surface area contributed by atoms with Gasteiger partial charge in [-0.05, 0) is 30.7 Å². The molecule has 2 fully saturated rings. The number of hydrogen-bond donors (Lipinski definition) is 3. The number of aliphatic carboxylic acids is 2. The molecule has 2 aromatic heterocycles. The van der Waals surface area contributed by atoms with Crippen LogP contribution in [0.15, 0.2) is 48.9 Å². The lowest BCUT2D eigenvalue weighted by Gasteiger charge is -2.23. The molecule has 0 bridgehead atoms. The number of alkyl halides is 6. The topological polar surface area (TPSA) is 125 Å². The van der Waals surface area contributed by atoms with Gasteiger partial charge in [-0.15, -0.1) is 0 Å². The second-order valence-corrected chi connectivity index (χ2v) is 8.17.